The zero-order valence-corrected chi connectivity index (χ0v) is 23.3. The van der Waals surface area contributed by atoms with E-state index < -0.39 is 40.8 Å². The monoisotopic (exact) mass is 506 g/mol. The van der Waals surface area contributed by atoms with Crippen LogP contribution in [-0.4, -0.2) is 67.3 Å². The van der Waals surface area contributed by atoms with E-state index in [1.807, 2.05) is 19.9 Å². The maximum absolute atomic E-state index is 11.8. The van der Waals surface area contributed by atoms with Crippen LogP contribution in [0.2, 0.25) is 0 Å². The summed E-state index contributed by atoms with van der Waals surface area (Å²) in [5.41, 5.74) is -0.371. The molecule has 10 atom stereocenters. The van der Waals surface area contributed by atoms with Gasteiger partial charge in [0.15, 0.2) is 0 Å². The normalized spacial score (nSPS) is 45.6. The van der Waals surface area contributed by atoms with E-state index in [-0.39, 0.29) is 35.2 Å². The fourth-order valence-corrected chi connectivity index (χ4v) is 9.12. The second-order valence-corrected chi connectivity index (χ2v) is 14.3. The second-order valence-electron chi connectivity index (χ2n) is 14.3. The van der Waals surface area contributed by atoms with Gasteiger partial charge in [-0.1, -0.05) is 46.8 Å². The molecule has 6 N–H and O–H groups in total. The van der Waals surface area contributed by atoms with Crippen molar-refractivity contribution in [3.63, 3.8) is 0 Å². The van der Waals surface area contributed by atoms with Crippen molar-refractivity contribution in [1.82, 2.24) is 0 Å². The summed E-state index contributed by atoms with van der Waals surface area (Å²) in [4.78, 5) is 0. The molecule has 206 valence electrons. The Morgan fingerprint density at radius 1 is 1.03 bits per heavy atom. The average molecular weight is 507 g/mol. The zero-order chi connectivity index (χ0) is 27.1. The summed E-state index contributed by atoms with van der Waals surface area (Å²) in [7, 11) is 0. The minimum atomic E-state index is -1.19. The van der Waals surface area contributed by atoms with Gasteiger partial charge in [0.05, 0.1) is 30.0 Å². The van der Waals surface area contributed by atoms with E-state index >= 15 is 0 Å². The van der Waals surface area contributed by atoms with E-state index in [4.69, 9.17) is 0 Å². The van der Waals surface area contributed by atoms with Crippen LogP contribution in [0.5, 0.6) is 0 Å². The van der Waals surface area contributed by atoms with Gasteiger partial charge < -0.3 is 30.6 Å². The van der Waals surface area contributed by atoms with Gasteiger partial charge in [0.2, 0.25) is 0 Å². The van der Waals surface area contributed by atoms with Crippen molar-refractivity contribution in [3.8, 4) is 0 Å². The molecule has 0 aromatic carbocycles. The van der Waals surface area contributed by atoms with Crippen molar-refractivity contribution in [2.45, 2.75) is 117 Å². The van der Waals surface area contributed by atoms with Crippen molar-refractivity contribution >= 4 is 0 Å². The molecule has 0 heterocycles. The number of aliphatic hydroxyl groups excluding tert-OH is 5. The lowest BCUT2D eigenvalue weighted by Gasteiger charge is -2.62. The van der Waals surface area contributed by atoms with Crippen molar-refractivity contribution in [3.05, 3.63) is 23.3 Å². The molecule has 6 heteroatoms. The topological polar surface area (TPSA) is 121 Å². The molecular formula is C30H50O6. The van der Waals surface area contributed by atoms with Gasteiger partial charge in [-0.15, -0.1) is 0 Å². The Bertz CT molecular complexity index is 917. The van der Waals surface area contributed by atoms with Gasteiger partial charge in [-0.3, -0.25) is 0 Å². The van der Waals surface area contributed by atoms with Gasteiger partial charge >= 0.3 is 0 Å². The van der Waals surface area contributed by atoms with Gasteiger partial charge in [-0.2, -0.15) is 0 Å². The van der Waals surface area contributed by atoms with Crippen LogP contribution in [0.3, 0.4) is 0 Å². The van der Waals surface area contributed by atoms with E-state index in [1.54, 1.807) is 13.8 Å². The maximum atomic E-state index is 11.8. The summed E-state index contributed by atoms with van der Waals surface area (Å²) in [6, 6.07) is 0. The summed E-state index contributed by atoms with van der Waals surface area (Å²) in [5, 5.41) is 64.5. The summed E-state index contributed by atoms with van der Waals surface area (Å²) < 4.78 is 0. The first-order chi connectivity index (χ1) is 16.5. The molecule has 0 unspecified atom stereocenters. The number of hydrogen-bond donors (Lipinski definition) is 6. The third kappa shape index (κ3) is 3.81. The Kier molecular flexibility index (Phi) is 6.98. The Morgan fingerprint density at radius 2 is 1.67 bits per heavy atom. The highest BCUT2D eigenvalue weighted by Gasteiger charge is 2.66. The number of allylic oxidation sites excluding steroid dienone is 3. The van der Waals surface area contributed by atoms with Crippen molar-refractivity contribution in [2.75, 3.05) is 6.61 Å². The molecule has 0 aromatic heterocycles. The van der Waals surface area contributed by atoms with Gasteiger partial charge in [0.25, 0.3) is 0 Å². The fourth-order valence-electron chi connectivity index (χ4n) is 9.12. The van der Waals surface area contributed by atoms with E-state index in [2.05, 4.69) is 26.8 Å². The van der Waals surface area contributed by atoms with Gasteiger partial charge in [0.1, 0.15) is 0 Å². The number of fused-ring (bicyclic) bond motifs is 5. The first kappa shape index (κ1) is 28.3. The minimum Gasteiger partial charge on any atom is -0.396 e. The Morgan fingerprint density at radius 3 is 2.25 bits per heavy atom. The van der Waals surface area contributed by atoms with Crippen LogP contribution in [0.4, 0.5) is 0 Å². The highest BCUT2D eigenvalue weighted by molar-refractivity contribution is 5.51. The molecule has 0 radical (unpaired) electrons. The summed E-state index contributed by atoms with van der Waals surface area (Å²) in [6.07, 6.45) is 5.25. The molecule has 0 aromatic rings. The molecular weight excluding hydrogens is 456 g/mol. The smallest absolute Gasteiger partial charge is 0.0853 e. The highest BCUT2D eigenvalue weighted by Crippen LogP contribution is 2.71. The van der Waals surface area contributed by atoms with Crippen LogP contribution in [-0.2, 0) is 0 Å². The lowest BCUT2D eigenvalue weighted by atomic mass is 9.43. The van der Waals surface area contributed by atoms with Crippen LogP contribution in [0, 0.1) is 39.4 Å². The predicted molar refractivity (Wildman–Crippen MR) is 140 cm³/mol. The quantitative estimate of drug-likeness (QED) is 0.329. The van der Waals surface area contributed by atoms with Gasteiger partial charge in [0, 0.05) is 17.4 Å². The molecule has 0 saturated heterocycles. The van der Waals surface area contributed by atoms with Crippen molar-refractivity contribution in [1.29, 1.82) is 0 Å². The number of rotatable bonds is 6. The van der Waals surface area contributed by atoms with Gasteiger partial charge in [-0.25, -0.2) is 0 Å². The Hall–Kier alpha value is -0.760. The maximum Gasteiger partial charge on any atom is 0.0853 e. The van der Waals surface area contributed by atoms with E-state index in [9.17, 15) is 30.6 Å². The Labute approximate surface area is 217 Å². The van der Waals surface area contributed by atoms with Crippen molar-refractivity contribution in [2.24, 2.45) is 39.4 Å². The molecule has 0 aliphatic heterocycles. The summed E-state index contributed by atoms with van der Waals surface area (Å²) in [5.74, 6) is 0.136. The molecule has 2 saturated carbocycles. The fraction of sp³-hybridized carbons (Fsp3) is 0.867. The van der Waals surface area contributed by atoms with Gasteiger partial charge in [-0.05, 0) is 92.1 Å². The second kappa shape index (κ2) is 8.89. The third-order valence-corrected chi connectivity index (χ3v) is 11.8. The van der Waals surface area contributed by atoms with Crippen LogP contribution in [0.1, 0.15) is 87.0 Å². The average Bonchev–Trinajstić information content (AvgIpc) is 3.06. The SMILES string of the molecule is CC(C)(O)[C@@H](O)CC[C@H](CO)[C@H]1CC[C@@]2(C)C3=CC[C@H]4C(C)(C)[C@@H](O)[C@H](O)C[C@]4(C)C3=C[C@H](O)[C@]12C. The van der Waals surface area contributed by atoms with E-state index in [1.165, 1.54) is 5.57 Å². The molecule has 4 rings (SSSR count). The van der Waals surface area contributed by atoms with Crippen LogP contribution >= 0.6 is 0 Å². The molecule has 6 nitrogen and oxygen atoms in total. The largest absolute Gasteiger partial charge is 0.396 e. The first-order valence-electron chi connectivity index (χ1n) is 13.9. The number of hydrogen-bond acceptors (Lipinski definition) is 6. The molecule has 0 spiro atoms. The molecule has 4 aliphatic rings. The molecule has 36 heavy (non-hydrogen) atoms. The van der Waals surface area contributed by atoms with E-state index in [0.717, 1.165) is 24.8 Å². The van der Waals surface area contributed by atoms with Crippen LogP contribution in [0.15, 0.2) is 23.3 Å². The lowest BCUT2D eigenvalue weighted by Crippen LogP contribution is -2.60. The zero-order valence-electron chi connectivity index (χ0n) is 23.3. The first-order valence-corrected chi connectivity index (χ1v) is 13.9. The number of aliphatic hydroxyl groups is 6. The molecule has 4 aliphatic carbocycles. The molecule has 2 fully saturated rings. The summed E-state index contributed by atoms with van der Waals surface area (Å²) >= 11 is 0. The lowest BCUT2D eigenvalue weighted by molar-refractivity contribution is -0.153. The van der Waals surface area contributed by atoms with Crippen LogP contribution < -0.4 is 0 Å². The molecule has 0 amide bonds. The minimum absolute atomic E-state index is 0.0185. The summed E-state index contributed by atoms with van der Waals surface area (Å²) in [6.45, 7) is 13.9. The standard InChI is InChI=1S/C30H50O6/c1-26(2)22-10-9-19-20(28(22,5)15-21(32)25(26)35)14-24(34)30(7)18(12-13-29(19,30)6)17(16-31)8-11-23(33)27(3,4)36/h9,14,17-18,21-25,31-36H,8,10-13,15-16H2,1-7H3/t17-,18-,21-,22+,23+,24+,25+,28-,29+,30+/m1/s1. The van der Waals surface area contributed by atoms with E-state index in [0.29, 0.717) is 19.3 Å². The van der Waals surface area contributed by atoms with Crippen molar-refractivity contribution < 1.29 is 30.6 Å². The third-order valence-electron chi connectivity index (χ3n) is 11.8. The highest BCUT2D eigenvalue weighted by atomic mass is 16.3. The van der Waals surface area contributed by atoms with Crippen LogP contribution in [0.25, 0.3) is 0 Å². The molecule has 0 bridgehead atoms. The Balaban J connectivity index is 1.70. The predicted octanol–water partition coefficient (Wildman–Crippen LogP) is 3.33.